The number of ether oxygens (including phenoxy) is 1. The van der Waals surface area contributed by atoms with Gasteiger partial charge in [-0.2, -0.15) is 13.2 Å². The smallest absolute Gasteiger partial charge is 0.433 e. The first-order valence-electron chi connectivity index (χ1n) is 13.5. The number of amides is 1. The topological polar surface area (TPSA) is 73.8 Å². The van der Waals surface area contributed by atoms with Gasteiger partial charge in [-0.15, -0.1) is 0 Å². The summed E-state index contributed by atoms with van der Waals surface area (Å²) in [6.45, 7) is 9.95. The highest BCUT2D eigenvalue weighted by molar-refractivity contribution is 6.62. The summed E-state index contributed by atoms with van der Waals surface area (Å²) in [6, 6.07) is 6.07. The number of unbranched alkanes of at least 4 members (excludes halogenated alkanes) is 2. The average Bonchev–Trinajstić information content (AvgIpc) is 3.06. The van der Waals surface area contributed by atoms with Crippen LogP contribution in [-0.2, 0) is 26.4 Å². The molecule has 2 aromatic heterocycles. The molecule has 41 heavy (non-hydrogen) atoms. The summed E-state index contributed by atoms with van der Waals surface area (Å²) >= 11 is 0. The molecule has 0 N–H and O–H groups in total. The second kappa shape index (κ2) is 11.8. The second-order valence-corrected chi connectivity index (χ2v) is 11.8. The van der Waals surface area contributed by atoms with Crippen LogP contribution in [0.25, 0.3) is 0 Å². The molecule has 3 rings (SSSR count). The second-order valence-electron chi connectivity index (χ2n) is 11.8. The largest absolute Gasteiger partial charge is 0.495 e. The number of anilines is 1. The first-order chi connectivity index (χ1) is 18.7. The number of alkyl halides is 5. The molecule has 1 aliphatic heterocycles. The van der Waals surface area contributed by atoms with E-state index in [2.05, 4.69) is 9.97 Å². The van der Waals surface area contributed by atoms with Gasteiger partial charge < -0.3 is 14.0 Å². The Balaban J connectivity index is 1.72. The highest BCUT2D eigenvalue weighted by Gasteiger charge is 2.53. The molecule has 3 heterocycles. The lowest BCUT2D eigenvalue weighted by Gasteiger charge is -2.32. The number of aromatic nitrogens is 2. The number of hydrogen-bond donors (Lipinski definition) is 0. The number of rotatable bonds is 10. The highest BCUT2D eigenvalue weighted by Crippen LogP contribution is 2.37. The Bertz CT molecular complexity index is 1180. The summed E-state index contributed by atoms with van der Waals surface area (Å²) in [6.07, 6.45) is -1.27. The maximum atomic E-state index is 13.5. The van der Waals surface area contributed by atoms with Crippen LogP contribution in [0, 0.1) is 0 Å². The summed E-state index contributed by atoms with van der Waals surface area (Å²) in [5.74, 6) is -2.88. The number of carbonyl (C=O) groups is 1. The minimum absolute atomic E-state index is 0.0288. The van der Waals surface area contributed by atoms with Gasteiger partial charge in [-0.3, -0.25) is 9.88 Å². The van der Waals surface area contributed by atoms with Crippen LogP contribution in [0.15, 0.2) is 36.7 Å². The van der Waals surface area contributed by atoms with Gasteiger partial charge in [-0.05, 0) is 90.5 Å². The van der Waals surface area contributed by atoms with Crippen LogP contribution in [-0.4, -0.2) is 52.7 Å². The summed E-state index contributed by atoms with van der Waals surface area (Å²) in [5, 5.41) is 0. The Morgan fingerprint density at radius 2 is 1.59 bits per heavy atom. The van der Waals surface area contributed by atoms with Crippen LogP contribution in [0.3, 0.4) is 0 Å². The van der Waals surface area contributed by atoms with Gasteiger partial charge in [0.1, 0.15) is 5.82 Å². The predicted molar refractivity (Wildman–Crippen MR) is 145 cm³/mol. The lowest BCUT2D eigenvalue weighted by atomic mass is 9.79. The first-order valence-corrected chi connectivity index (χ1v) is 13.5. The normalized spacial score (nSPS) is 17.0. The minimum Gasteiger partial charge on any atom is -0.433 e. The summed E-state index contributed by atoms with van der Waals surface area (Å²) in [7, 11) is -0.766. The monoisotopic (exact) mass is 585 g/mol. The van der Waals surface area contributed by atoms with Gasteiger partial charge >= 0.3 is 19.4 Å². The van der Waals surface area contributed by atoms with Crippen molar-refractivity contribution in [1.29, 1.82) is 0 Å². The molecule has 0 unspecified atom stereocenters. The maximum Gasteiger partial charge on any atom is 0.495 e. The SMILES string of the molecule is CC(F)(F)c1ccc(CCCCCN(C(=O)OC(C)(C)C(F)(F)F)c2cc(B3OC(C)(C)C(C)(C)O3)ccn2)nc1. The van der Waals surface area contributed by atoms with Crippen LogP contribution >= 0.6 is 0 Å². The highest BCUT2D eigenvalue weighted by atomic mass is 19.4. The molecular weight excluding hydrogens is 548 g/mol. The third kappa shape index (κ3) is 7.94. The third-order valence-electron chi connectivity index (χ3n) is 7.46. The van der Waals surface area contributed by atoms with Crippen molar-refractivity contribution < 1.29 is 40.8 Å². The molecule has 1 aliphatic rings. The lowest BCUT2D eigenvalue weighted by molar-refractivity contribution is -0.243. The van der Waals surface area contributed by atoms with Gasteiger partial charge in [0.15, 0.2) is 0 Å². The Hall–Kier alpha value is -2.80. The van der Waals surface area contributed by atoms with Crippen molar-refractivity contribution in [1.82, 2.24) is 9.97 Å². The van der Waals surface area contributed by atoms with Crippen LogP contribution in [0.4, 0.5) is 32.6 Å². The van der Waals surface area contributed by atoms with E-state index in [-0.39, 0.29) is 17.9 Å². The van der Waals surface area contributed by atoms with Crippen molar-refractivity contribution in [2.45, 2.75) is 103 Å². The quantitative estimate of drug-likeness (QED) is 0.178. The van der Waals surface area contributed by atoms with E-state index >= 15 is 0 Å². The number of pyridine rings is 2. The average molecular weight is 585 g/mol. The number of halogens is 5. The molecule has 0 radical (unpaired) electrons. The van der Waals surface area contributed by atoms with E-state index in [4.69, 9.17) is 14.0 Å². The standard InChI is InChI=1S/C28H37BF5N3O4/c1-24(2)25(3,4)41-29(40-24)20-14-15-35-22(17-20)37(23(38)39-26(5,6)28(32,33)34)16-10-8-9-11-21-13-12-19(18-36-21)27(7,30)31/h12-15,17-18H,8-11,16H2,1-7H3. The molecule has 0 spiro atoms. The molecule has 226 valence electrons. The van der Waals surface area contributed by atoms with Gasteiger partial charge in [0.05, 0.1) is 11.2 Å². The van der Waals surface area contributed by atoms with E-state index in [1.54, 1.807) is 18.2 Å². The fraction of sp³-hybridized carbons (Fsp3) is 0.607. The predicted octanol–water partition coefficient (Wildman–Crippen LogP) is 6.58. The van der Waals surface area contributed by atoms with E-state index in [1.165, 1.54) is 12.3 Å². The van der Waals surface area contributed by atoms with Crippen LogP contribution in [0.1, 0.15) is 79.0 Å². The fourth-order valence-corrected chi connectivity index (χ4v) is 3.92. The van der Waals surface area contributed by atoms with Crippen LogP contribution < -0.4 is 10.4 Å². The molecule has 1 fully saturated rings. The van der Waals surface area contributed by atoms with E-state index in [1.807, 2.05) is 27.7 Å². The third-order valence-corrected chi connectivity index (χ3v) is 7.46. The number of aryl methyl sites for hydroxylation is 1. The van der Waals surface area contributed by atoms with E-state index in [0.29, 0.717) is 36.8 Å². The fourth-order valence-electron chi connectivity index (χ4n) is 3.92. The summed E-state index contributed by atoms with van der Waals surface area (Å²) < 4.78 is 84.3. The van der Waals surface area contributed by atoms with Gasteiger partial charge in [0.2, 0.25) is 5.60 Å². The molecular formula is C28H37BF5N3O4. The van der Waals surface area contributed by atoms with Crippen molar-refractivity contribution in [3.63, 3.8) is 0 Å². The number of carbonyl (C=O) groups excluding carboxylic acids is 1. The number of hydrogen-bond acceptors (Lipinski definition) is 6. The molecule has 13 heteroatoms. The molecule has 2 aromatic rings. The van der Waals surface area contributed by atoms with Crippen molar-refractivity contribution in [3.8, 4) is 0 Å². The Morgan fingerprint density at radius 1 is 0.951 bits per heavy atom. The molecule has 0 atom stereocenters. The Kier molecular flexibility index (Phi) is 9.44. The molecule has 0 saturated carbocycles. The van der Waals surface area contributed by atoms with Crippen LogP contribution in [0.2, 0.25) is 0 Å². The lowest BCUT2D eigenvalue weighted by Crippen LogP contribution is -2.47. The Morgan fingerprint density at radius 3 is 2.12 bits per heavy atom. The van der Waals surface area contributed by atoms with Crippen LogP contribution in [0.5, 0.6) is 0 Å². The van der Waals surface area contributed by atoms with E-state index in [9.17, 15) is 26.7 Å². The van der Waals surface area contributed by atoms with Crippen molar-refractivity contribution in [2.75, 3.05) is 11.4 Å². The number of nitrogens with zero attached hydrogens (tertiary/aromatic N) is 3. The summed E-state index contributed by atoms with van der Waals surface area (Å²) in [4.78, 5) is 22.5. The zero-order valence-corrected chi connectivity index (χ0v) is 24.4. The van der Waals surface area contributed by atoms with Crippen molar-refractivity contribution in [3.05, 3.63) is 47.9 Å². The zero-order valence-electron chi connectivity index (χ0n) is 24.4. The maximum absolute atomic E-state index is 13.5. The summed E-state index contributed by atoms with van der Waals surface area (Å²) in [5.41, 5.74) is -2.95. The van der Waals surface area contributed by atoms with E-state index < -0.39 is 42.1 Å². The van der Waals surface area contributed by atoms with Gasteiger partial charge in [0, 0.05) is 37.1 Å². The first kappa shape index (κ1) is 32.7. The molecule has 7 nitrogen and oxygen atoms in total. The molecule has 1 amide bonds. The minimum atomic E-state index is -4.78. The van der Waals surface area contributed by atoms with Crippen molar-refractivity contribution >= 4 is 24.5 Å². The Labute approximate surface area is 237 Å². The van der Waals surface area contributed by atoms with Crippen molar-refractivity contribution in [2.24, 2.45) is 0 Å². The molecule has 0 aromatic carbocycles. The molecule has 0 bridgehead atoms. The van der Waals surface area contributed by atoms with Gasteiger partial charge in [-0.25, -0.2) is 18.6 Å². The zero-order chi connectivity index (χ0) is 30.9. The van der Waals surface area contributed by atoms with Gasteiger partial charge in [0.25, 0.3) is 5.92 Å². The van der Waals surface area contributed by atoms with Gasteiger partial charge in [-0.1, -0.05) is 6.42 Å². The van der Waals surface area contributed by atoms with E-state index in [0.717, 1.165) is 31.9 Å². The molecule has 0 aliphatic carbocycles. The molecule has 1 saturated heterocycles.